The van der Waals surface area contributed by atoms with E-state index >= 15 is 0 Å². The van der Waals surface area contributed by atoms with E-state index in [1.165, 1.54) is 5.56 Å². The van der Waals surface area contributed by atoms with Crippen LogP contribution in [0, 0.1) is 5.92 Å². The summed E-state index contributed by atoms with van der Waals surface area (Å²) in [5, 5.41) is 7.13. The molecule has 1 aromatic heterocycles. The molecule has 1 aliphatic heterocycles. The van der Waals surface area contributed by atoms with E-state index < -0.39 is 0 Å². The number of rotatable bonds is 8. The number of carbonyl (C=O) groups excluding carboxylic acids is 1. The summed E-state index contributed by atoms with van der Waals surface area (Å²) < 4.78 is 5.40. The van der Waals surface area contributed by atoms with Crippen LogP contribution in [0.2, 0.25) is 0 Å². The molecule has 0 aliphatic carbocycles. The van der Waals surface area contributed by atoms with E-state index in [1.807, 2.05) is 18.2 Å². The highest BCUT2D eigenvalue weighted by Gasteiger charge is 2.25. The second kappa shape index (κ2) is 9.48. The molecule has 0 saturated carbocycles. The Balaban J connectivity index is 1.43. The average molecular weight is 356 g/mol. The molecule has 0 radical (unpaired) electrons. The first-order valence-electron chi connectivity index (χ1n) is 9.60. The molecule has 1 N–H and O–H groups in total. The normalized spacial score (nSPS) is 15.9. The smallest absolute Gasteiger partial charge is 0.240 e. The minimum absolute atomic E-state index is 0.138. The maximum absolute atomic E-state index is 12.1. The first kappa shape index (κ1) is 18.6. The van der Waals surface area contributed by atoms with Crippen LogP contribution < -0.4 is 5.32 Å². The summed E-state index contributed by atoms with van der Waals surface area (Å²) in [6.45, 7) is 5.37. The molecule has 6 nitrogen and oxygen atoms in total. The first-order valence-corrected chi connectivity index (χ1v) is 9.60. The van der Waals surface area contributed by atoms with Crippen molar-refractivity contribution < 1.29 is 9.32 Å². The van der Waals surface area contributed by atoms with Crippen molar-refractivity contribution in [1.82, 2.24) is 20.4 Å². The third kappa shape index (κ3) is 5.39. The lowest BCUT2D eigenvalue weighted by atomic mass is 9.96. The van der Waals surface area contributed by atoms with Crippen molar-refractivity contribution in [3.8, 4) is 0 Å². The monoisotopic (exact) mass is 356 g/mol. The standard InChI is InChI=1S/C20H28N4O2/c1-2-3-11-21-20(25)17-9-12-24(13-10-17)15-19-22-18(23-26-19)14-16-7-5-4-6-8-16/h4-8,17H,2-3,9-15H2,1H3,(H,21,25). The van der Waals surface area contributed by atoms with Gasteiger partial charge in [0, 0.05) is 18.9 Å². The zero-order valence-electron chi connectivity index (χ0n) is 15.5. The van der Waals surface area contributed by atoms with Gasteiger partial charge in [-0.25, -0.2) is 0 Å². The molecule has 26 heavy (non-hydrogen) atoms. The first-order chi connectivity index (χ1) is 12.7. The van der Waals surface area contributed by atoms with Gasteiger partial charge in [-0.15, -0.1) is 0 Å². The fourth-order valence-corrected chi connectivity index (χ4v) is 3.28. The number of unbranched alkanes of at least 4 members (excludes halogenated alkanes) is 1. The van der Waals surface area contributed by atoms with E-state index in [1.54, 1.807) is 0 Å². The van der Waals surface area contributed by atoms with Crippen LogP contribution in [0.4, 0.5) is 0 Å². The quantitative estimate of drug-likeness (QED) is 0.737. The van der Waals surface area contributed by atoms with Crippen LogP contribution in [-0.4, -0.2) is 40.6 Å². The summed E-state index contributed by atoms with van der Waals surface area (Å²) >= 11 is 0. The Kier molecular flexibility index (Phi) is 6.77. The number of piperidine rings is 1. The molecule has 3 rings (SSSR count). The molecule has 1 amide bonds. The van der Waals surface area contributed by atoms with Gasteiger partial charge in [0.2, 0.25) is 11.8 Å². The topological polar surface area (TPSA) is 71.3 Å². The average Bonchev–Trinajstić information content (AvgIpc) is 3.10. The van der Waals surface area contributed by atoms with Crippen molar-refractivity contribution in [2.24, 2.45) is 5.92 Å². The van der Waals surface area contributed by atoms with Crippen LogP contribution in [0.1, 0.15) is 49.9 Å². The molecule has 0 atom stereocenters. The lowest BCUT2D eigenvalue weighted by Gasteiger charge is -2.30. The lowest BCUT2D eigenvalue weighted by molar-refractivity contribution is -0.126. The van der Waals surface area contributed by atoms with Gasteiger partial charge in [-0.3, -0.25) is 9.69 Å². The maximum Gasteiger partial charge on any atom is 0.240 e. The van der Waals surface area contributed by atoms with E-state index in [-0.39, 0.29) is 11.8 Å². The molecular weight excluding hydrogens is 328 g/mol. The van der Waals surface area contributed by atoms with E-state index in [0.717, 1.165) is 51.1 Å². The van der Waals surface area contributed by atoms with Gasteiger partial charge >= 0.3 is 0 Å². The number of hydrogen-bond acceptors (Lipinski definition) is 5. The van der Waals surface area contributed by atoms with Crippen LogP contribution in [0.5, 0.6) is 0 Å². The molecular formula is C20H28N4O2. The Morgan fingerprint density at radius 1 is 1.27 bits per heavy atom. The van der Waals surface area contributed by atoms with Crippen molar-refractivity contribution >= 4 is 5.91 Å². The predicted molar refractivity (Wildman–Crippen MR) is 99.5 cm³/mol. The number of likely N-dealkylation sites (tertiary alicyclic amines) is 1. The van der Waals surface area contributed by atoms with Crippen LogP contribution in [0.25, 0.3) is 0 Å². The largest absolute Gasteiger partial charge is 0.356 e. The van der Waals surface area contributed by atoms with Gasteiger partial charge in [0.1, 0.15) is 0 Å². The highest BCUT2D eigenvalue weighted by molar-refractivity contribution is 5.78. The van der Waals surface area contributed by atoms with Crippen LogP contribution >= 0.6 is 0 Å². The van der Waals surface area contributed by atoms with Crippen molar-refractivity contribution in [2.75, 3.05) is 19.6 Å². The van der Waals surface area contributed by atoms with E-state index in [2.05, 4.69) is 39.4 Å². The molecule has 0 unspecified atom stereocenters. The summed E-state index contributed by atoms with van der Waals surface area (Å²) in [6.07, 6.45) is 4.62. The molecule has 0 spiro atoms. The Labute approximate surface area is 155 Å². The van der Waals surface area contributed by atoms with E-state index in [9.17, 15) is 4.79 Å². The van der Waals surface area contributed by atoms with Crippen molar-refractivity contribution in [3.63, 3.8) is 0 Å². The molecule has 2 aromatic rings. The Bertz CT molecular complexity index is 678. The number of benzene rings is 1. The van der Waals surface area contributed by atoms with Gasteiger partial charge < -0.3 is 9.84 Å². The Morgan fingerprint density at radius 3 is 2.77 bits per heavy atom. The molecule has 1 saturated heterocycles. The highest BCUT2D eigenvalue weighted by Crippen LogP contribution is 2.19. The van der Waals surface area contributed by atoms with E-state index in [4.69, 9.17) is 4.52 Å². The summed E-state index contributed by atoms with van der Waals surface area (Å²) in [6, 6.07) is 10.1. The van der Waals surface area contributed by atoms with Crippen LogP contribution in [-0.2, 0) is 17.8 Å². The van der Waals surface area contributed by atoms with Gasteiger partial charge in [-0.05, 0) is 37.9 Å². The van der Waals surface area contributed by atoms with Gasteiger partial charge in [0.05, 0.1) is 6.54 Å². The summed E-state index contributed by atoms with van der Waals surface area (Å²) in [7, 11) is 0. The molecule has 2 heterocycles. The molecule has 6 heteroatoms. The zero-order valence-corrected chi connectivity index (χ0v) is 15.5. The molecule has 0 bridgehead atoms. The number of aromatic nitrogens is 2. The lowest BCUT2D eigenvalue weighted by Crippen LogP contribution is -2.40. The molecule has 1 aliphatic rings. The SMILES string of the molecule is CCCCNC(=O)C1CCN(Cc2nc(Cc3ccccc3)no2)CC1. The minimum Gasteiger partial charge on any atom is -0.356 e. The summed E-state index contributed by atoms with van der Waals surface area (Å²) in [5.74, 6) is 1.72. The number of nitrogens with zero attached hydrogens (tertiary/aromatic N) is 3. The van der Waals surface area contributed by atoms with Crippen molar-refractivity contribution in [1.29, 1.82) is 0 Å². The second-order valence-corrected chi connectivity index (χ2v) is 6.96. The number of nitrogens with one attached hydrogen (secondary N) is 1. The fourth-order valence-electron chi connectivity index (χ4n) is 3.28. The zero-order chi connectivity index (χ0) is 18.2. The van der Waals surface area contributed by atoms with Crippen molar-refractivity contribution in [3.05, 3.63) is 47.6 Å². The fraction of sp³-hybridized carbons (Fsp3) is 0.550. The number of amides is 1. The minimum atomic E-state index is 0.138. The van der Waals surface area contributed by atoms with Crippen molar-refractivity contribution in [2.45, 2.75) is 45.6 Å². The highest BCUT2D eigenvalue weighted by atomic mass is 16.5. The van der Waals surface area contributed by atoms with Crippen LogP contribution in [0.15, 0.2) is 34.9 Å². The van der Waals surface area contributed by atoms with Crippen LogP contribution in [0.3, 0.4) is 0 Å². The second-order valence-electron chi connectivity index (χ2n) is 6.96. The third-order valence-corrected chi connectivity index (χ3v) is 4.86. The molecule has 140 valence electrons. The third-order valence-electron chi connectivity index (χ3n) is 4.86. The maximum atomic E-state index is 12.1. The molecule has 1 fully saturated rings. The summed E-state index contributed by atoms with van der Waals surface area (Å²) in [4.78, 5) is 18.9. The van der Waals surface area contributed by atoms with E-state index in [0.29, 0.717) is 18.9 Å². The predicted octanol–water partition coefficient (Wildman–Crippen LogP) is 2.79. The number of hydrogen-bond donors (Lipinski definition) is 1. The van der Waals surface area contributed by atoms with Gasteiger partial charge in [-0.1, -0.05) is 48.8 Å². The molecule has 1 aromatic carbocycles. The van der Waals surface area contributed by atoms with Gasteiger partial charge in [0.25, 0.3) is 0 Å². The van der Waals surface area contributed by atoms with Gasteiger partial charge in [-0.2, -0.15) is 4.98 Å². The number of carbonyl (C=O) groups is 1. The Morgan fingerprint density at radius 2 is 2.04 bits per heavy atom. The summed E-state index contributed by atoms with van der Waals surface area (Å²) in [5.41, 5.74) is 1.18. The Hall–Kier alpha value is -2.21. The van der Waals surface area contributed by atoms with Gasteiger partial charge in [0.15, 0.2) is 5.82 Å².